The minimum Gasteiger partial charge on any atom is -0.452 e. The minimum absolute atomic E-state index is 0.0602. The predicted molar refractivity (Wildman–Crippen MR) is 84.5 cm³/mol. The lowest BCUT2D eigenvalue weighted by Gasteiger charge is -2.36. The number of hydrogen-bond acceptors (Lipinski definition) is 5. The monoisotopic (exact) mass is 382 g/mol. The fourth-order valence-electron chi connectivity index (χ4n) is 2.15. The molecule has 0 spiro atoms. The molecule has 1 aromatic heterocycles. The van der Waals surface area contributed by atoms with E-state index in [1.807, 2.05) is 0 Å². The zero-order valence-electron chi connectivity index (χ0n) is 11.8. The molecule has 0 radical (unpaired) electrons. The van der Waals surface area contributed by atoms with Crippen molar-refractivity contribution in [2.24, 2.45) is 0 Å². The summed E-state index contributed by atoms with van der Waals surface area (Å²) in [7, 11) is -1.72. The summed E-state index contributed by atoms with van der Waals surface area (Å²) in [6, 6.07) is 1.59. The number of furan rings is 1. The Bertz CT molecular complexity index is 584. The minimum atomic E-state index is -3.51. The van der Waals surface area contributed by atoms with Crippen molar-refractivity contribution in [1.82, 2.24) is 9.62 Å². The highest BCUT2D eigenvalue weighted by Crippen LogP contribution is 2.35. The number of nitrogens with one attached hydrogen (secondary N) is 1. The van der Waals surface area contributed by atoms with E-state index in [0.717, 1.165) is 5.75 Å². The van der Waals surface area contributed by atoms with Crippen molar-refractivity contribution in [2.75, 3.05) is 25.9 Å². The molecule has 0 aliphatic carbocycles. The first-order valence-electron chi connectivity index (χ1n) is 6.33. The smallest absolute Gasteiger partial charge is 0.247 e. The van der Waals surface area contributed by atoms with Crippen molar-refractivity contribution in [2.45, 2.75) is 30.0 Å². The molecule has 2 heterocycles. The first-order valence-corrected chi connectivity index (χ1v) is 9.55. The second kappa shape index (κ2) is 6.00. The summed E-state index contributed by atoms with van der Waals surface area (Å²) in [6.45, 7) is 5.68. The van der Waals surface area contributed by atoms with Gasteiger partial charge in [0, 0.05) is 29.7 Å². The maximum Gasteiger partial charge on any atom is 0.247 e. The molecule has 114 valence electrons. The molecule has 0 amide bonds. The van der Waals surface area contributed by atoms with Crippen LogP contribution >= 0.6 is 27.7 Å². The lowest BCUT2D eigenvalue weighted by atomic mass is 10.2. The van der Waals surface area contributed by atoms with Crippen molar-refractivity contribution in [1.29, 1.82) is 0 Å². The van der Waals surface area contributed by atoms with E-state index in [9.17, 15) is 8.42 Å². The van der Waals surface area contributed by atoms with Crippen LogP contribution in [0.25, 0.3) is 0 Å². The SMILES string of the molecule is CNCc1cc(S(=O)(=O)N2CCSC(C)(C)C2)c(Br)o1. The number of rotatable bonds is 4. The average molecular weight is 383 g/mol. The molecular weight excluding hydrogens is 364 g/mol. The summed E-state index contributed by atoms with van der Waals surface area (Å²) in [6.07, 6.45) is 0. The van der Waals surface area contributed by atoms with Crippen LogP contribution in [0.3, 0.4) is 0 Å². The van der Waals surface area contributed by atoms with E-state index in [4.69, 9.17) is 4.42 Å². The van der Waals surface area contributed by atoms with Gasteiger partial charge in [0.15, 0.2) is 4.67 Å². The standard InChI is InChI=1S/C12H19BrN2O3S2/c1-12(2)8-15(4-5-19-12)20(16,17)10-6-9(7-14-3)18-11(10)13/h6,14H,4-5,7-8H2,1-3H3. The van der Waals surface area contributed by atoms with Crippen LogP contribution in [0.5, 0.6) is 0 Å². The van der Waals surface area contributed by atoms with Gasteiger partial charge in [-0.15, -0.1) is 0 Å². The molecule has 5 nitrogen and oxygen atoms in total. The van der Waals surface area contributed by atoms with Gasteiger partial charge in [-0.25, -0.2) is 8.42 Å². The molecule has 20 heavy (non-hydrogen) atoms. The van der Waals surface area contributed by atoms with Crippen LogP contribution in [0.2, 0.25) is 0 Å². The Labute approximate surface area is 132 Å². The summed E-state index contributed by atoms with van der Waals surface area (Å²) in [4.78, 5) is 0.213. The number of sulfonamides is 1. The van der Waals surface area contributed by atoms with E-state index in [1.165, 1.54) is 0 Å². The first kappa shape index (κ1) is 16.4. The van der Waals surface area contributed by atoms with Gasteiger partial charge in [-0.3, -0.25) is 0 Å². The molecule has 1 saturated heterocycles. The summed E-state index contributed by atoms with van der Waals surface area (Å²) in [5.74, 6) is 1.41. The Morgan fingerprint density at radius 3 is 2.85 bits per heavy atom. The molecule has 0 unspecified atom stereocenters. The molecular formula is C12H19BrN2O3S2. The highest BCUT2D eigenvalue weighted by Gasteiger charge is 2.36. The third-order valence-corrected chi connectivity index (χ3v) is 7.07. The molecule has 0 saturated carbocycles. The lowest BCUT2D eigenvalue weighted by molar-refractivity contribution is 0.386. The third kappa shape index (κ3) is 3.41. The molecule has 0 bridgehead atoms. The summed E-state index contributed by atoms with van der Waals surface area (Å²) < 4.78 is 32.6. The van der Waals surface area contributed by atoms with Crippen LogP contribution < -0.4 is 5.32 Å². The van der Waals surface area contributed by atoms with Gasteiger partial charge in [-0.2, -0.15) is 16.1 Å². The van der Waals surface area contributed by atoms with Crippen LogP contribution in [0.4, 0.5) is 0 Å². The van der Waals surface area contributed by atoms with E-state index in [1.54, 1.807) is 29.2 Å². The number of hydrogen-bond donors (Lipinski definition) is 1. The highest BCUT2D eigenvalue weighted by atomic mass is 79.9. The molecule has 1 aliphatic rings. The van der Waals surface area contributed by atoms with Crippen LogP contribution in [-0.4, -0.2) is 43.4 Å². The molecule has 1 aliphatic heterocycles. The van der Waals surface area contributed by atoms with Crippen LogP contribution in [0, 0.1) is 0 Å². The van der Waals surface area contributed by atoms with Gasteiger partial charge < -0.3 is 9.73 Å². The molecule has 1 N–H and O–H groups in total. The van der Waals surface area contributed by atoms with Gasteiger partial charge in [0.1, 0.15) is 10.7 Å². The van der Waals surface area contributed by atoms with E-state index >= 15 is 0 Å². The van der Waals surface area contributed by atoms with Crippen molar-refractivity contribution < 1.29 is 12.8 Å². The number of nitrogens with zero attached hydrogens (tertiary/aromatic N) is 1. The topological polar surface area (TPSA) is 62.6 Å². The quantitative estimate of drug-likeness (QED) is 0.865. The second-order valence-corrected chi connectivity index (χ2v) is 9.76. The number of halogens is 1. The van der Waals surface area contributed by atoms with Gasteiger partial charge in [0.25, 0.3) is 0 Å². The Hall–Kier alpha value is -0.0200. The first-order chi connectivity index (χ1) is 9.26. The van der Waals surface area contributed by atoms with E-state index < -0.39 is 10.0 Å². The van der Waals surface area contributed by atoms with Gasteiger partial charge in [-0.1, -0.05) is 0 Å². The Morgan fingerprint density at radius 2 is 2.25 bits per heavy atom. The Morgan fingerprint density at radius 1 is 1.55 bits per heavy atom. The van der Waals surface area contributed by atoms with E-state index in [-0.39, 0.29) is 14.3 Å². The fraction of sp³-hybridized carbons (Fsp3) is 0.667. The zero-order valence-corrected chi connectivity index (χ0v) is 15.0. The van der Waals surface area contributed by atoms with Gasteiger partial charge >= 0.3 is 0 Å². The molecule has 0 atom stereocenters. The van der Waals surface area contributed by atoms with Crippen LogP contribution in [0.15, 0.2) is 20.0 Å². The van der Waals surface area contributed by atoms with Gasteiger partial charge in [-0.05, 0) is 36.8 Å². The summed E-state index contributed by atoms with van der Waals surface area (Å²) in [5, 5.41) is 2.94. The Kier molecular flexibility index (Phi) is 4.91. The fourth-order valence-corrected chi connectivity index (χ4v) is 6.02. The Balaban J connectivity index is 2.30. The maximum absolute atomic E-state index is 12.7. The van der Waals surface area contributed by atoms with Crippen molar-refractivity contribution >= 4 is 37.7 Å². The normalized spacial score (nSPS) is 20.2. The summed E-state index contributed by atoms with van der Waals surface area (Å²) in [5.41, 5.74) is 0. The van der Waals surface area contributed by atoms with Gasteiger partial charge in [0.2, 0.25) is 10.0 Å². The molecule has 1 fully saturated rings. The molecule has 1 aromatic rings. The van der Waals surface area contributed by atoms with Crippen LogP contribution in [0.1, 0.15) is 19.6 Å². The number of thioether (sulfide) groups is 1. The average Bonchev–Trinajstić information content (AvgIpc) is 2.70. The van der Waals surface area contributed by atoms with Crippen molar-refractivity contribution in [3.05, 3.63) is 16.5 Å². The van der Waals surface area contributed by atoms with Crippen LogP contribution in [-0.2, 0) is 16.6 Å². The third-order valence-electron chi connectivity index (χ3n) is 3.07. The molecule has 8 heteroatoms. The van der Waals surface area contributed by atoms with E-state index in [0.29, 0.717) is 25.4 Å². The zero-order chi connectivity index (χ0) is 15.0. The maximum atomic E-state index is 12.7. The van der Waals surface area contributed by atoms with Crippen molar-refractivity contribution in [3.8, 4) is 0 Å². The molecule has 2 rings (SSSR count). The second-order valence-electron chi connectivity index (χ2n) is 5.33. The van der Waals surface area contributed by atoms with Gasteiger partial charge in [0.05, 0.1) is 6.54 Å². The summed E-state index contributed by atoms with van der Waals surface area (Å²) >= 11 is 5.01. The van der Waals surface area contributed by atoms with E-state index in [2.05, 4.69) is 35.1 Å². The highest BCUT2D eigenvalue weighted by molar-refractivity contribution is 9.10. The largest absolute Gasteiger partial charge is 0.452 e. The lowest BCUT2D eigenvalue weighted by Crippen LogP contribution is -2.46. The van der Waals surface area contributed by atoms with Crippen molar-refractivity contribution in [3.63, 3.8) is 0 Å². The molecule has 0 aromatic carbocycles. The predicted octanol–water partition coefficient (Wildman–Crippen LogP) is 2.28.